The van der Waals surface area contributed by atoms with Gasteiger partial charge >= 0.3 is 0 Å². The van der Waals surface area contributed by atoms with Gasteiger partial charge in [-0.15, -0.1) is 0 Å². The van der Waals surface area contributed by atoms with Crippen LogP contribution in [-0.4, -0.2) is 23.7 Å². The number of halogens is 1. The molecular formula is C24H19ClN4O2S. The van der Waals surface area contributed by atoms with Crippen molar-refractivity contribution in [3.05, 3.63) is 95.0 Å². The standard InChI is InChI=1S/C24H19ClN4O2S/c25-23-21(32-24(28-23)27-18-11-5-2-6-12-18)15-26-29-22(30)16-31-20-14-8-7-13-19(20)17-9-3-1-4-10-17/h1-15H,16H2,(H,27,28)(H,29,30). The summed E-state index contributed by atoms with van der Waals surface area (Å²) in [6, 6.07) is 27.1. The van der Waals surface area contributed by atoms with Gasteiger partial charge in [0.25, 0.3) is 5.91 Å². The number of carbonyl (C=O) groups excluding carboxylic acids is 1. The van der Waals surface area contributed by atoms with Gasteiger partial charge in [0.15, 0.2) is 16.9 Å². The van der Waals surface area contributed by atoms with Crippen molar-refractivity contribution in [2.45, 2.75) is 0 Å². The summed E-state index contributed by atoms with van der Waals surface area (Å²) in [7, 11) is 0. The zero-order valence-corrected chi connectivity index (χ0v) is 18.4. The molecule has 1 heterocycles. The topological polar surface area (TPSA) is 75.6 Å². The smallest absolute Gasteiger partial charge is 0.277 e. The summed E-state index contributed by atoms with van der Waals surface area (Å²) in [5.41, 5.74) is 5.29. The van der Waals surface area contributed by atoms with Crippen molar-refractivity contribution < 1.29 is 9.53 Å². The third-order valence-electron chi connectivity index (χ3n) is 4.34. The maximum Gasteiger partial charge on any atom is 0.277 e. The fourth-order valence-electron chi connectivity index (χ4n) is 2.88. The summed E-state index contributed by atoms with van der Waals surface area (Å²) in [5, 5.41) is 8.08. The molecule has 0 aliphatic rings. The van der Waals surface area contributed by atoms with Gasteiger partial charge in [0.05, 0.1) is 11.1 Å². The van der Waals surface area contributed by atoms with Gasteiger partial charge in [0, 0.05) is 11.3 Å². The zero-order valence-electron chi connectivity index (χ0n) is 16.9. The van der Waals surface area contributed by atoms with Gasteiger partial charge in [-0.25, -0.2) is 10.4 Å². The first kappa shape index (κ1) is 21.5. The molecule has 0 fully saturated rings. The largest absolute Gasteiger partial charge is 0.483 e. The summed E-state index contributed by atoms with van der Waals surface area (Å²) in [4.78, 5) is 17.1. The van der Waals surface area contributed by atoms with E-state index in [1.807, 2.05) is 84.9 Å². The number of hydrazone groups is 1. The first-order valence-electron chi connectivity index (χ1n) is 9.76. The number of carbonyl (C=O) groups is 1. The SMILES string of the molecule is O=C(COc1ccccc1-c1ccccc1)NN=Cc1sc(Nc2ccccc2)nc1Cl. The number of rotatable bonds is 8. The normalized spacial score (nSPS) is 10.8. The fourth-order valence-corrected chi connectivity index (χ4v) is 3.93. The highest BCUT2D eigenvalue weighted by molar-refractivity contribution is 7.17. The molecule has 0 radical (unpaired) electrons. The van der Waals surface area contributed by atoms with E-state index in [1.165, 1.54) is 17.6 Å². The highest BCUT2D eigenvalue weighted by Crippen LogP contribution is 2.29. The van der Waals surface area contributed by atoms with Crippen LogP contribution in [0, 0.1) is 0 Å². The zero-order chi connectivity index (χ0) is 22.2. The van der Waals surface area contributed by atoms with E-state index < -0.39 is 0 Å². The van der Waals surface area contributed by atoms with Crippen LogP contribution in [0.1, 0.15) is 4.88 Å². The molecular weight excluding hydrogens is 444 g/mol. The highest BCUT2D eigenvalue weighted by atomic mass is 35.5. The molecule has 0 saturated carbocycles. The van der Waals surface area contributed by atoms with Gasteiger partial charge in [0.1, 0.15) is 5.75 Å². The summed E-state index contributed by atoms with van der Waals surface area (Å²) in [6.45, 7) is -0.168. The third kappa shape index (κ3) is 5.72. The van der Waals surface area contributed by atoms with Crippen LogP contribution in [0.4, 0.5) is 10.8 Å². The summed E-state index contributed by atoms with van der Waals surface area (Å²) in [6.07, 6.45) is 1.46. The Bertz CT molecular complexity index is 1210. The monoisotopic (exact) mass is 462 g/mol. The minimum atomic E-state index is -0.382. The van der Waals surface area contributed by atoms with Gasteiger partial charge in [-0.05, 0) is 23.8 Å². The molecule has 0 unspecified atom stereocenters. The van der Waals surface area contributed by atoms with Crippen LogP contribution < -0.4 is 15.5 Å². The summed E-state index contributed by atoms with van der Waals surface area (Å²) in [5.74, 6) is 0.243. The van der Waals surface area contributed by atoms with Crippen molar-refractivity contribution >= 4 is 45.9 Å². The van der Waals surface area contributed by atoms with Crippen LogP contribution in [0.15, 0.2) is 90.0 Å². The van der Waals surface area contributed by atoms with Gasteiger partial charge < -0.3 is 10.1 Å². The molecule has 0 bridgehead atoms. The van der Waals surface area contributed by atoms with Crippen molar-refractivity contribution in [3.8, 4) is 16.9 Å². The number of ether oxygens (including phenoxy) is 1. The molecule has 0 aliphatic carbocycles. The lowest BCUT2D eigenvalue weighted by atomic mass is 10.1. The molecule has 0 spiro atoms. The van der Waals surface area contributed by atoms with Crippen molar-refractivity contribution in [2.75, 3.05) is 11.9 Å². The first-order valence-corrected chi connectivity index (χ1v) is 11.0. The number of nitrogens with zero attached hydrogens (tertiary/aromatic N) is 2. The molecule has 2 N–H and O–H groups in total. The Morgan fingerprint density at radius 3 is 2.47 bits per heavy atom. The van der Waals surface area contributed by atoms with E-state index >= 15 is 0 Å². The van der Waals surface area contributed by atoms with Crippen LogP contribution in [0.25, 0.3) is 11.1 Å². The van der Waals surface area contributed by atoms with Crippen molar-refractivity contribution in [1.82, 2.24) is 10.4 Å². The van der Waals surface area contributed by atoms with Crippen molar-refractivity contribution in [3.63, 3.8) is 0 Å². The van der Waals surface area contributed by atoms with E-state index in [1.54, 1.807) is 0 Å². The van der Waals surface area contributed by atoms with Gasteiger partial charge in [0.2, 0.25) is 0 Å². The van der Waals surface area contributed by atoms with Gasteiger partial charge in [-0.2, -0.15) is 5.10 Å². The molecule has 1 aromatic heterocycles. The molecule has 8 heteroatoms. The maximum atomic E-state index is 12.2. The Labute approximate surface area is 194 Å². The molecule has 3 aromatic carbocycles. The van der Waals surface area contributed by atoms with Gasteiger partial charge in [-0.1, -0.05) is 89.7 Å². The minimum absolute atomic E-state index is 0.168. The van der Waals surface area contributed by atoms with E-state index in [2.05, 4.69) is 20.8 Å². The molecule has 0 atom stereocenters. The number of amides is 1. The minimum Gasteiger partial charge on any atom is -0.483 e. The van der Waals surface area contributed by atoms with Crippen LogP contribution in [-0.2, 0) is 4.79 Å². The van der Waals surface area contributed by atoms with Crippen LogP contribution in [0.2, 0.25) is 5.15 Å². The molecule has 6 nitrogen and oxygen atoms in total. The van der Waals surface area contributed by atoms with E-state index in [4.69, 9.17) is 16.3 Å². The van der Waals surface area contributed by atoms with Crippen molar-refractivity contribution in [2.24, 2.45) is 5.10 Å². The second-order valence-corrected chi connectivity index (χ2v) is 8.00. The predicted octanol–water partition coefficient (Wildman–Crippen LogP) is 5.74. The number of thiazole rings is 1. The van der Waals surface area contributed by atoms with Crippen LogP contribution >= 0.6 is 22.9 Å². The Hall–Kier alpha value is -3.68. The lowest BCUT2D eigenvalue weighted by molar-refractivity contribution is -0.123. The first-order chi connectivity index (χ1) is 15.7. The second kappa shape index (κ2) is 10.6. The van der Waals surface area contributed by atoms with Crippen LogP contribution in [0.3, 0.4) is 0 Å². The lowest BCUT2D eigenvalue weighted by Gasteiger charge is -2.10. The molecule has 1 amide bonds. The number of anilines is 2. The Morgan fingerprint density at radius 1 is 1.00 bits per heavy atom. The Kier molecular flexibility index (Phi) is 7.12. The second-order valence-electron chi connectivity index (χ2n) is 6.61. The summed E-state index contributed by atoms with van der Waals surface area (Å²) >= 11 is 7.50. The lowest BCUT2D eigenvalue weighted by Crippen LogP contribution is -2.24. The molecule has 32 heavy (non-hydrogen) atoms. The van der Waals surface area contributed by atoms with Crippen molar-refractivity contribution in [1.29, 1.82) is 0 Å². The maximum absolute atomic E-state index is 12.2. The number of nitrogens with one attached hydrogen (secondary N) is 2. The average molecular weight is 463 g/mol. The average Bonchev–Trinajstić information content (AvgIpc) is 3.17. The molecule has 0 saturated heterocycles. The number of aromatic nitrogens is 1. The highest BCUT2D eigenvalue weighted by Gasteiger charge is 2.09. The number of benzene rings is 3. The quantitative estimate of drug-likeness (QED) is 0.259. The third-order valence-corrected chi connectivity index (χ3v) is 5.64. The summed E-state index contributed by atoms with van der Waals surface area (Å²) < 4.78 is 5.72. The molecule has 0 aliphatic heterocycles. The van der Waals surface area contributed by atoms with Crippen LogP contribution in [0.5, 0.6) is 5.75 Å². The molecule has 4 aromatic rings. The number of hydrogen-bond acceptors (Lipinski definition) is 6. The van der Waals surface area contributed by atoms with E-state index in [0.29, 0.717) is 20.9 Å². The van der Waals surface area contributed by atoms with Gasteiger partial charge in [-0.3, -0.25) is 4.79 Å². The molecule has 160 valence electrons. The Morgan fingerprint density at radius 2 is 1.69 bits per heavy atom. The predicted molar refractivity (Wildman–Crippen MR) is 130 cm³/mol. The number of hydrogen-bond donors (Lipinski definition) is 2. The Balaban J connectivity index is 1.32. The number of para-hydroxylation sites is 2. The van der Waals surface area contributed by atoms with E-state index in [0.717, 1.165) is 16.8 Å². The fraction of sp³-hybridized carbons (Fsp3) is 0.0417. The molecule has 4 rings (SSSR count). The van der Waals surface area contributed by atoms with E-state index in [9.17, 15) is 4.79 Å². The van der Waals surface area contributed by atoms with E-state index in [-0.39, 0.29) is 12.5 Å².